The van der Waals surface area contributed by atoms with Crippen LogP contribution in [-0.4, -0.2) is 10.1 Å². The fraction of sp³-hybridized carbons (Fsp3) is 0. The van der Waals surface area contributed by atoms with E-state index in [1.807, 2.05) is 0 Å². The van der Waals surface area contributed by atoms with Gasteiger partial charge in [0.2, 0.25) is 5.88 Å². The third-order valence-electron chi connectivity index (χ3n) is 2.86. The van der Waals surface area contributed by atoms with E-state index >= 15 is 0 Å². The molecule has 0 aliphatic rings. The third kappa shape index (κ3) is 2.01. The molecule has 0 aliphatic carbocycles. The molecule has 4 nitrogen and oxygen atoms in total. The maximum Gasteiger partial charge on any atom is 0.230 e. The van der Waals surface area contributed by atoms with E-state index in [0.29, 0.717) is 22.4 Å². The van der Waals surface area contributed by atoms with Gasteiger partial charge in [0.15, 0.2) is 11.6 Å². The molecule has 2 aromatic heterocycles. The summed E-state index contributed by atoms with van der Waals surface area (Å²) in [6, 6.07) is 7.00. The van der Waals surface area contributed by atoms with Crippen LogP contribution in [0.5, 0.6) is 0 Å². The second kappa shape index (κ2) is 4.73. The molecule has 20 heavy (non-hydrogen) atoms. The Morgan fingerprint density at radius 2 is 1.90 bits per heavy atom. The number of pyridine rings is 1. The lowest BCUT2D eigenvalue weighted by molar-refractivity contribution is 0.439. The van der Waals surface area contributed by atoms with E-state index in [1.54, 1.807) is 24.5 Å². The number of anilines is 1. The van der Waals surface area contributed by atoms with Gasteiger partial charge >= 0.3 is 0 Å². The predicted molar refractivity (Wildman–Crippen MR) is 69.5 cm³/mol. The molecular weight excluding hydrogens is 264 g/mol. The minimum Gasteiger partial charge on any atom is -0.367 e. The smallest absolute Gasteiger partial charge is 0.230 e. The fourth-order valence-corrected chi connectivity index (χ4v) is 1.93. The van der Waals surface area contributed by atoms with Crippen LogP contribution in [0.4, 0.5) is 14.7 Å². The number of nitrogens with zero attached hydrogens (tertiary/aromatic N) is 2. The largest absolute Gasteiger partial charge is 0.367 e. The molecule has 3 aromatic rings. The van der Waals surface area contributed by atoms with Crippen molar-refractivity contribution in [2.24, 2.45) is 0 Å². The summed E-state index contributed by atoms with van der Waals surface area (Å²) in [6.45, 7) is 0. The number of halogens is 2. The summed E-state index contributed by atoms with van der Waals surface area (Å²) in [4.78, 5) is 3.99. The normalized spacial score (nSPS) is 10.7. The Hall–Kier alpha value is -2.76. The molecule has 0 unspecified atom stereocenters. The van der Waals surface area contributed by atoms with Gasteiger partial charge in [0.05, 0.1) is 5.56 Å². The Bertz CT molecular complexity index is 756. The first-order valence-electron chi connectivity index (χ1n) is 5.78. The summed E-state index contributed by atoms with van der Waals surface area (Å²) >= 11 is 0. The van der Waals surface area contributed by atoms with Crippen molar-refractivity contribution in [1.82, 2.24) is 10.1 Å². The van der Waals surface area contributed by atoms with E-state index in [2.05, 4.69) is 10.1 Å². The van der Waals surface area contributed by atoms with Crippen LogP contribution in [0.2, 0.25) is 0 Å². The molecule has 0 amide bonds. The molecule has 0 fully saturated rings. The van der Waals surface area contributed by atoms with E-state index in [-0.39, 0.29) is 5.88 Å². The average molecular weight is 273 g/mol. The van der Waals surface area contributed by atoms with E-state index < -0.39 is 11.6 Å². The van der Waals surface area contributed by atoms with Crippen LogP contribution in [0.1, 0.15) is 0 Å². The number of benzene rings is 1. The molecule has 0 atom stereocenters. The minimum atomic E-state index is -0.957. The molecule has 3 rings (SSSR count). The Balaban J connectivity index is 2.18. The lowest BCUT2D eigenvalue weighted by atomic mass is 10.0. The van der Waals surface area contributed by atoms with Crippen molar-refractivity contribution >= 4 is 5.88 Å². The third-order valence-corrected chi connectivity index (χ3v) is 2.86. The summed E-state index contributed by atoms with van der Waals surface area (Å²) in [6.07, 6.45) is 3.21. The van der Waals surface area contributed by atoms with Gasteiger partial charge in [-0.05, 0) is 24.3 Å². The minimum absolute atomic E-state index is 0.0951. The lowest BCUT2D eigenvalue weighted by Gasteiger charge is -2.02. The van der Waals surface area contributed by atoms with Gasteiger partial charge < -0.3 is 10.3 Å². The SMILES string of the molecule is Nc1onc(-c2ccc(F)c(F)c2)c1-c1cccnc1. The van der Waals surface area contributed by atoms with Gasteiger partial charge in [-0.2, -0.15) is 0 Å². The molecule has 0 bridgehead atoms. The molecule has 2 N–H and O–H groups in total. The van der Waals surface area contributed by atoms with Gasteiger partial charge in [0.25, 0.3) is 0 Å². The number of nitrogens with two attached hydrogens (primary N) is 1. The first-order chi connectivity index (χ1) is 9.66. The number of rotatable bonds is 2. The molecule has 100 valence electrons. The highest BCUT2D eigenvalue weighted by atomic mass is 19.2. The van der Waals surface area contributed by atoms with E-state index in [0.717, 1.165) is 12.1 Å². The second-order valence-corrected chi connectivity index (χ2v) is 4.14. The molecule has 1 aromatic carbocycles. The molecule has 0 saturated heterocycles. The van der Waals surface area contributed by atoms with Crippen LogP contribution in [0, 0.1) is 11.6 Å². The summed E-state index contributed by atoms with van der Waals surface area (Å²) < 4.78 is 31.3. The molecule has 6 heteroatoms. The van der Waals surface area contributed by atoms with Crippen molar-refractivity contribution in [1.29, 1.82) is 0 Å². The average Bonchev–Trinajstić information content (AvgIpc) is 2.85. The van der Waals surface area contributed by atoms with Crippen LogP contribution in [0.3, 0.4) is 0 Å². The summed E-state index contributed by atoms with van der Waals surface area (Å²) in [7, 11) is 0. The molecule has 0 spiro atoms. The number of nitrogen functional groups attached to an aromatic ring is 1. The summed E-state index contributed by atoms with van der Waals surface area (Å²) in [5, 5.41) is 3.82. The highest BCUT2D eigenvalue weighted by molar-refractivity contribution is 5.86. The monoisotopic (exact) mass is 273 g/mol. The maximum absolute atomic E-state index is 13.3. The van der Waals surface area contributed by atoms with Crippen molar-refractivity contribution in [3.05, 3.63) is 54.4 Å². The van der Waals surface area contributed by atoms with Gasteiger partial charge in [-0.25, -0.2) is 8.78 Å². The number of aromatic nitrogens is 2. The van der Waals surface area contributed by atoms with Gasteiger partial charge in [0.1, 0.15) is 5.69 Å². The highest BCUT2D eigenvalue weighted by Crippen LogP contribution is 2.35. The quantitative estimate of drug-likeness (QED) is 0.778. The van der Waals surface area contributed by atoms with E-state index in [1.165, 1.54) is 6.07 Å². The zero-order chi connectivity index (χ0) is 14.1. The van der Waals surface area contributed by atoms with Crippen molar-refractivity contribution in [3.63, 3.8) is 0 Å². The van der Waals surface area contributed by atoms with Crippen LogP contribution < -0.4 is 5.73 Å². The van der Waals surface area contributed by atoms with Crippen LogP contribution in [0.15, 0.2) is 47.2 Å². The Kier molecular flexibility index (Phi) is 2.90. The molecule has 0 radical (unpaired) electrons. The Morgan fingerprint density at radius 1 is 1.05 bits per heavy atom. The first kappa shape index (κ1) is 12.3. The maximum atomic E-state index is 13.3. The first-order valence-corrected chi connectivity index (χ1v) is 5.78. The van der Waals surface area contributed by atoms with Crippen molar-refractivity contribution < 1.29 is 13.3 Å². The van der Waals surface area contributed by atoms with Crippen LogP contribution >= 0.6 is 0 Å². The Morgan fingerprint density at radius 3 is 2.60 bits per heavy atom. The van der Waals surface area contributed by atoms with Crippen molar-refractivity contribution in [2.45, 2.75) is 0 Å². The predicted octanol–water partition coefficient (Wildman–Crippen LogP) is 3.26. The summed E-state index contributed by atoms with van der Waals surface area (Å²) in [5.41, 5.74) is 7.66. The van der Waals surface area contributed by atoms with Crippen molar-refractivity contribution in [3.8, 4) is 22.4 Å². The van der Waals surface area contributed by atoms with Crippen molar-refractivity contribution in [2.75, 3.05) is 5.73 Å². The van der Waals surface area contributed by atoms with Crippen LogP contribution in [0.25, 0.3) is 22.4 Å². The number of hydrogen-bond acceptors (Lipinski definition) is 4. The van der Waals surface area contributed by atoms with E-state index in [4.69, 9.17) is 10.3 Å². The lowest BCUT2D eigenvalue weighted by Crippen LogP contribution is -1.90. The fourth-order valence-electron chi connectivity index (χ4n) is 1.93. The number of hydrogen-bond donors (Lipinski definition) is 1. The molecule has 0 saturated carbocycles. The topological polar surface area (TPSA) is 64.9 Å². The van der Waals surface area contributed by atoms with Gasteiger partial charge in [0, 0.05) is 23.5 Å². The molecular formula is C14H9F2N3O. The molecule has 2 heterocycles. The van der Waals surface area contributed by atoms with Gasteiger partial charge in [-0.3, -0.25) is 4.98 Å². The van der Waals surface area contributed by atoms with Crippen LogP contribution in [-0.2, 0) is 0 Å². The standard InChI is InChI=1S/C14H9F2N3O/c15-10-4-3-8(6-11(10)16)13-12(14(17)20-19-13)9-2-1-5-18-7-9/h1-7H,17H2. The van der Waals surface area contributed by atoms with Gasteiger partial charge in [-0.15, -0.1) is 0 Å². The summed E-state index contributed by atoms with van der Waals surface area (Å²) in [5.74, 6) is -1.79. The van der Waals surface area contributed by atoms with Gasteiger partial charge in [-0.1, -0.05) is 11.2 Å². The zero-order valence-corrected chi connectivity index (χ0v) is 10.2. The highest BCUT2D eigenvalue weighted by Gasteiger charge is 2.18. The van der Waals surface area contributed by atoms with E-state index in [9.17, 15) is 8.78 Å². The zero-order valence-electron chi connectivity index (χ0n) is 10.2. The Labute approximate surface area is 112 Å². The molecule has 0 aliphatic heterocycles. The second-order valence-electron chi connectivity index (χ2n) is 4.14.